The van der Waals surface area contributed by atoms with E-state index in [9.17, 15) is 9.50 Å². The third-order valence-corrected chi connectivity index (χ3v) is 8.66. The van der Waals surface area contributed by atoms with E-state index >= 15 is 0 Å². The Bertz CT molecular complexity index is 703. The molecule has 0 aliphatic heterocycles. The normalized spacial score (nSPS) is 44.1. The van der Waals surface area contributed by atoms with Crippen molar-refractivity contribution in [1.29, 1.82) is 0 Å². The van der Waals surface area contributed by atoms with Crippen LogP contribution in [0.4, 0.5) is 4.39 Å². The summed E-state index contributed by atoms with van der Waals surface area (Å²) in [5, 5.41) is 9.35. The van der Waals surface area contributed by atoms with Crippen LogP contribution in [0, 0.1) is 28.6 Å². The molecule has 144 valence electrons. The van der Waals surface area contributed by atoms with E-state index in [4.69, 9.17) is 4.74 Å². The second-order valence-corrected chi connectivity index (χ2v) is 9.44. The average Bonchev–Trinajstić information content (AvgIpc) is 2.98. The Morgan fingerprint density at radius 3 is 2.62 bits per heavy atom. The van der Waals surface area contributed by atoms with Gasteiger partial charge in [0.2, 0.25) is 0 Å². The van der Waals surface area contributed by atoms with Gasteiger partial charge in [0, 0.05) is 6.42 Å². The van der Waals surface area contributed by atoms with Crippen LogP contribution in [0.15, 0.2) is 34.4 Å². The highest BCUT2D eigenvalue weighted by Gasteiger charge is 2.57. The Hall–Kier alpha value is -1.09. The van der Waals surface area contributed by atoms with Crippen LogP contribution in [0.25, 0.3) is 0 Å². The molecule has 0 radical (unpaired) electrons. The molecule has 0 bridgehead atoms. The van der Waals surface area contributed by atoms with Gasteiger partial charge in [-0.2, -0.15) is 0 Å². The molecule has 2 nitrogen and oxygen atoms in total. The smallest absolute Gasteiger partial charge is 0.125 e. The predicted molar refractivity (Wildman–Crippen MR) is 102 cm³/mol. The Kier molecular flexibility index (Phi) is 4.38. The fourth-order valence-electron chi connectivity index (χ4n) is 7.32. The average molecular weight is 361 g/mol. The van der Waals surface area contributed by atoms with Crippen LogP contribution >= 0.6 is 0 Å². The van der Waals surface area contributed by atoms with E-state index < -0.39 is 6.61 Å². The minimum atomic E-state index is -0.433. The lowest BCUT2D eigenvalue weighted by molar-refractivity contribution is -0.0102. The van der Waals surface area contributed by atoms with E-state index in [2.05, 4.69) is 26.8 Å². The van der Waals surface area contributed by atoms with E-state index in [0.29, 0.717) is 17.8 Å². The number of halogens is 1. The van der Waals surface area contributed by atoms with Crippen LogP contribution in [-0.4, -0.2) is 18.8 Å². The first kappa shape index (κ1) is 18.3. The SMILES string of the molecule is COC1=C(C)C2=CCC3C(CCC4(C)/C(=C(/F)CO)CCC34)C2(C)CC1. The van der Waals surface area contributed by atoms with E-state index in [1.165, 1.54) is 17.6 Å². The highest BCUT2D eigenvalue weighted by molar-refractivity contribution is 5.43. The monoisotopic (exact) mass is 360 g/mol. The van der Waals surface area contributed by atoms with Gasteiger partial charge in [0.25, 0.3) is 0 Å². The second kappa shape index (κ2) is 6.22. The van der Waals surface area contributed by atoms with Crippen LogP contribution in [0.2, 0.25) is 0 Å². The Morgan fingerprint density at radius 2 is 1.92 bits per heavy atom. The molecule has 1 N–H and O–H groups in total. The summed E-state index contributed by atoms with van der Waals surface area (Å²) in [6.45, 7) is 6.52. The maximum absolute atomic E-state index is 14.4. The summed E-state index contributed by atoms with van der Waals surface area (Å²) in [6, 6.07) is 0. The van der Waals surface area contributed by atoms with Crippen molar-refractivity contribution in [1.82, 2.24) is 0 Å². The molecule has 5 atom stereocenters. The van der Waals surface area contributed by atoms with Crippen LogP contribution < -0.4 is 0 Å². The summed E-state index contributed by atoms with van der Waals surface area (Å²) in [4.78, 5) is 0. The van der Waals surface area contributed by atoms with Crippen molar-refractivity contribution in [3.63, 3.8) is 0 Å². The van der Waals surface area contributed by atoms with Crippen molar-refractivity contribution in [3.8, 4) is 0 Å². The van der Waals surface area contributed by atoms with E-state index in [1.54, 1.807) is 7.11 Å². The predicted octanol–water partition coefficient (Wildman–Crippen LogP) is 5.70. The van der Waals surface area contributed by atoms with Crippen molar-refractivity contribution >= 4 is 0 Å². The van der Waals surface area contributed by atoms with Gasteiger partial charge < -0.3 is 9.84 Å². The van der Waals surface area contributed by atoms with Gasteiger partial charge in [0.15, 0.2) is 0 Å². The fourth-order valence-corrected chi connectivity index (χ4v) is 7.32. The molecule has 5 unspecified atom stereocenters. The van der Waals surface area contributed by atoms with Crippen molar-refractivity contribution in [3.05, 3.63) is 34.4 Å². The van der Waals surface area contributed by atoms with Crippen molar-refractivity contribution in [2.24, 2.45) is 28.6 Å². The standard InChI is InChI=1S/C23H33FO2/c1-14-16-6-5-15-17-7-8-19(20(24)13-25)23(17,3)11-9-18(15)22(16,2)12-10-21(14)26-4/h6,15,17-18,25H,5,7-13H2,1-4H3/b20-19+. The number of aliphatic hydroxyl groups is 1. The molecular formula is C23H33FO2. The largest absolute Gasteiger partial charge is 0.501 e. The molecule has 4 rings (SSSR count). The number of aliphatic hydroxyl groups excluding tert-OH is 1. The fraction of sp³-hybridized carbons (Fsp3) is 0.739. The molecule has 3 heteroatoms. The van der Waals surface area contributed by atoms with Crippen LogP contribution in [0.3, 0.4) is 0 Å². The molecule has 0 aromatic rings. The van der Waals surface area contributed by atoms with E-state index in [-0.39, 0.29) is 16.7 Å². The number of hydrogen-bond donors (Lipinski definition) is 1. The molecule has 4 aliphatic carbocycles. The lowest BCUT2D eigenvalue weighted by atomic mass is 9.48. The molecule has 0 amide bonds. The number of hydrogen-bond acceptors (Lipinski definition) is 2. The zero-order valence-corrected chi connectivity index (χ0v) is 16.7. The van der Waals surface area contributed by atoms with Gasteiger partial charge in [-0.25, -0.2) is 4.39 Å². The highest BCUT2D eigenvalue weighted by Crippen LogP contribution is 2.66. The number of methoxy groups -OCH3 is 1. The molecule has 2 saturated carbocycles. The first-order valence-corrected chi connectivity index (χ1v) is 10.3. The maximum Gasteiger partial charge on any atom is 0.125 e. The topological polar surface area (TPSA) is 29.5 Å². The minimum Gasteiger partial charge on any atom is -0.501 e. The van der Waals surface area contributed by atoms with Crippen LogP contribution in [0.5, 0.6) is 0 Å². The van der Waals surface area contributed by atoms with Gasteiger partial charge >= 0.3 is 0 Å². The highest BCUT2D eigenvalue weighted by atomic mass is 19.1. The van der Waals surface area contributed by atoms with Crippen LogP contribution in [0.1, 0.15) is 65.7 Å². The number of rotatable bonds is 2. The molecule has 4 aliphatic rings. The maximum atomic E-state index is 14.4. The minimum absolute atomic E-state index is 0.0487. The Morgan fingerprint density at radius 1 is 1.19 bits per heavy atom. The number of ether oxygens (including phenoxy) is 1. The molecule has 0 aromatic heterocycles. The van der Waals surface area contributed by atoms with E-state index in [0.717, 1.165) is 49.9 Å². The molecule has 0 spiro atoms. The van der Waals surface area contributed by atoms with Crippen molar-refractivity contribution < 1.29 is 14.2 Å². The van der Waals surface area contributed by atoms with Gasteiger partial charge in [0.1, 0.15) is 5.83 Å². The number of allylic oxidation sites excluding steroid dienone is 5. The zero-order chi connectivity index (χ0) is 18.7. The summed E-state index contributed by atoms with van der Waals surface area (Å²) in [5.41, 5.74) is 3.97. The Labute approximate surface area is 157 Å². The summed E-state index contributed by atoms with van der Waals surface area (Å²) >= 11 is 0. The summed E-state index contributed by atoms with van der Waals surface area (Å²) in [7, 11) is 1.79. The molecule has 0 heterocycles. The zero-order valence-electron chi connectivity index (χ0n) is 16.7. The molecule has 0 aromatic carbocycles. The van der Waals surface area contributed by atoms with Gasteiger partial charge in [-0.1, -0.05) is 19.9 Å². The lowest BCUT2D eigenvalue weighted by Crippen LogP contribution is -2.48. The third-order valence-electron chi connectivity index (χ3n) is 8.66. The first-order chi connectivity index (χ1) is 12.4. The van der Waals surface area contributed by atoms with Crippen LogP contribution in [-0.2, 0) is 4.74 Å². The molecule has 2 fully saturated rings. The third kappa shape index (κ3) is 2.32. The van der Waals surface area contributed by atoms with E-state index in [1.807, 2.05) is 0 Å². The number of fused-ring (bicyclic) bond motifs is 5. The van der Waals surface area contributed by atoms with Crippen molar-refractivity contribution in [2.75, 3.05) is 13.7 Å². The van der Waals surface area contributed by atoms with Gasteiger partial charge in [0.05, 0.1) is 19.5 Å². The summed E-state index contributed by atoms with van der Waals surface area (Å²) in [5.74, 6) is 2.78. The summed E-state index contributed by atoms with van der Waals surface area (Å²) < 4.78 is 20.0. The lowest BCUT2D eigenvalue weighted by Gasteiger charge is -2.57. The molecule has 26 heavy (non-hydrogen) atoms. The first-order valence-electron chi connectivity index (χ1n) is 10.3. The summed E-state index contributed by atoms with van der Waals surface area (Å²) in [6.07, 6.45) is 9.92. The van der Waals surface area contributed by atoms with Gasteiger partial charge in [-0.3, -0.25) is 0 Å². The van der Waals surface area contributed by atoms with Crippen molar-refractivity contribution in [2.45, 2.75) is 65.7 Å². The van der Waals surface area contributed by atoms with Gasteiger partial charge in [-0.05, 0) is 90.8 Å². The molecular weight excluding hydrogens is 327 g/mol. The molecule has 0 saturated heterocycles. The van der Waals surface area contributed by atoms with Gasteiger partial charge in [-0.15, -0.1) is 0 Å². The quantitative estimate of drug-likeness (QED) is 0.685. The Balaban J connectivity index is 1.72. The second-order valence-electron chi connectivity index (χ2n) is 9.44.